The van der Waals surface area contributed by atoms with Crippen molar-refractivity contribution in [3.8, 4) is 0 Å². The van der Waals surface area contributed by atoms with E-state index in [4.69, 9.17) is 0 Å². The number of unbranched alkanes of at least 4 members (excludes halogenated alkanes) is 2. The van der Waals surface area contributed by atoms with E-state index in [1.165, 1.54) is 84.9 Å². The summed E-state index contributed by atoms with van der Waals surface area (Å²) in [7, 11) is 2.00. The van der Waals surface area contributed by atoms with Crippen LogP contribution in [0, 0.1) is 13.3 Å². The van der Waals surface area contributed by atoms with Gasteiger partial charge in [-0.3, -0.25) is 0 Å². The molecule has 0 aromatic heterocycles. The molecule has 5 aromatic rings. The third-order valence-corrected chi connectivity index (χ3v) is 10.3. The Bertz CT molecular complexity index is 1590. The Morgan fingerprint density at radius 2 is 1.08 bits per heavy atom. The van der Waals surface area contributed by atoms with E-state index in [9.17, 15) is 0 Å². The minimum Gasteiger partial charge on any atom is -0.343 e. The number of hydrogen-bond acceptors (Lipinski definition) is 0. The number of rotatable bonds is 11. The zero-order chi connectivity index (χ0) is 37.4. The summed E-state index contributed by atoms with van der Waals surface area (Å²) in [6, 6.07) is 29.6. The van der Waals surface area contributed by atoms with Gasteiger partial charge in [0.25, 0.3) is 0 Å². The molecule has 0 saturated heterocycles. The summed E-state index contributed by atoms with van der Waals surface area (Å²) in [5, 5.41) is 7.28. The van der Waals surface area contributed by atoms with Crippen molar-refractivity contribution in [1.29, 1.82) is 0 Å². The molecule has 0 spiro atoms. The molecule has 2 heteroatoms. The standard InChI is InChI=1S/2C17H23.C11H15Si.C4H9.Zr/c2*1-6-13-7-15-9-14(11(2)3)10-16(12(4)5)17(15)8-13;1-2-3-9-11(12)10-7-5-4-6-8-10;1-3-4-2;/h2*7-12H,6H2,1-5H3;2,4-8H,3,9,12H2,1H3;1,3-4H2,2H3;/q4*-1;+4. The Labute approximate surface area is 337 Å². The van der Waals surface area contributed by atoms with Crippen molar-refractivity contribution < 1.29 is 26.2 Å². The van der Waals surface area contributed by atoms with Gasteiger partial charge in [-0.2, -0.15) is 31.9 Å². The number of benzene rings is 3. The minimum absolute atomic E-state index is 0. The third-order valence-electron chi connectivity index (χ3n) is 9.54. The molecule has 0 radical (unpaired) electrons. The first-order chi connectivity index (χ1) is 23.8. The summed E-state index contributed by atoms with van der Waals surface area (Å²) >= 11 is 0. The maximum Gasteiger partial charge on any atom is 4.00 e. The average Bonchev–Trinajstić information content (AvgIpc) is 3.74. The van der Waals surface area contributed by atoms with E-state index in [1.807, 2.05) is 9.85 Å². The average molecular weight is 778 g/mol. The fourth-order valence-corrected chi connectivity index (χ4v) is 6.48. The van der Waals surface area contributed by atoms with Gasteiger partial charge in [0.15, 0.2) is 0 Å². The van der Waals surface area contributed by atoms with Crippen molar-refractivity contribution in [2.45, 2.75) is 145 Å². The Balaban J connectivity index is 0.000000365. The van der Waals surface area contributed by atoms with Gasteiger partial charge >= 0.3 is 26.2 Å². The first kappa shape index (κ1) is 46.9. The first-order valence-electron chi connectivity index (χ1n) is 19.6. The van der Waals surface area contributed by atoms with Crippen LogP contribution in [0.4, 0.5) is 0 Å². The number of fused-ring (bicyclic) bond motifs is 2. The molecule has 0 heterocycles. The van der Waals surface area contributed by atoms with Gasteiger partial charge in [-0.1, -0.05) is 159 Å². The van der Waals surface area contributed by atoms with Gasteiger partial charge in [-0.05, 0) is 51.9 Å². The molecule has 0 bridgehead atoms. The molecule has 274 valence electrons. The second-order valence-electron chi connectivity index (χ2n) is 15.0. The van der Waals surface area contributed by atoms with Gasteiger partial charge in [-0.25, -0.2) is 0 Å². The third kappa shape index (κ3) is 14.7. The molecular formula is C49H70SiZr. The molecule has 0 aliphatic carbocycles. The van der Waals surface area contributed by atoms with Crippen LogP contribution in [0.3, 0.4) is 0 Å². The maximum atomic E-state index is 3.60. The second kappa shape index (κ2) is 24.2. The number of hydrogen-bond donors (Lipinski definition) is 0. The summed E-state index contributed by atoms with van der Waals surface area (Å²) in [6.07, 6.45) is 9.13. The van der Waals surface area contributed by atoms with Crippen LogP contribution in [0.15, 0.2) is 78.9 Å². The van der Waals surface area contributed by atoms with E-state index >= 15 is 0 Å². The van der Waals surface area contributed by atoms with E-state index in [0.29, 0.717) is 23.7 Å². The molecular weight excluding hydrogens is 708 g/mol. The summed E-state index contributed by atoms with van der Waals surface area (Å²) in [5.41, 5.74) is 10.3. The van der Waals surface area contributed by atoms with Crippen LogP contribution in [0.1, 0.15) is 171 Å². The molecule has 0 fully saturated rings. The van der Waals surface area contributed by atoms with Crippen LogP contribution in [0.2, 0.25) is 0 Å². The van der Waals surface area contributed by atoms with Gasteiger partial charge in [-0.15, -0.1) is 56.9 Å². The largest absolute Gasteiger partial charge is 4.00 e. The monoisotopic (exact) mass is 776 g/mol. The summed E-state index contributed by atoms with van der Waals surface area (Å²) < 4.78 is 0. The Morgan fingerprint density at radius 1 is 0.667 bits per heavy atom. The fourth-order valence-electron chi connectivity index (χ4n) is 6.04. The SMILES string of the molecule is CCc1cc2c(C(C)C)cc(C(C)C)cc2[cH-]1.CCc1cc2c(C(C)C)cc(C(C)C)cc2[cH-]1.C[CH-]CCC(=[SiH2])c1ccccc1.[CH2-]CCC.[Zr+4]. The zero-order valence-electron chi connectivity index (χ0n) is 34.5. The van der Waals surface area contributed by atoms with Crippen LogP contribution < -0.4 is 0 Å². The number of aryl methyl sites for hydroxylation is 2. The minimum atomic E-state index is 0. The Kier molecular flexibility index (Phi) is 22.3. The molecule has 0 saturated carbocycles. The van der Waals surface area contributed by atoms with Crippen molar-refractivity contribution in [2.24, 2.45) is 0 Å². The second-order valence-corrected chi connectivity index (χ2v) is 15.9. The van der Waals surface area contributed by atoms with Crippen molar-refractivity contribution in [2.75, 3.05) is 0 Å². The van der Waals surface area contributed by atoms with E-state index in [0.717, 1.165) is 19.3 Å². The van der Waals surface area contributed by atoms with Crippen LogP contribution >= 0.6 is 0 Å². The van der Waals surface area contributed by atoms with Crippen molar-refractivity contribution in [1.82, 2.24) is 0 Å². The smallest absolute Gasteiger partial charge is 0.343 e. The van der Waals surface area contributed by atoms with Crippen LogP contribution in [-0.4, -0.2) is 15.0 Å². The first-order valence-corrected chi connectivity index (χ1v) is 20.3. The van der Waals surface area contributed by atoms with Gasteiger partial charge < -0.3 is 13.3 Å². The molecule has 5 rings (SSSR count). The van der Waals surface area contributed by atoms with Crippen molar-refractivity contribution in [3.63, 3.8) is 0 Å². The summed E-state index contributed by atoms with van der Waals surface area (Å²) in [4.78, 5) is 0. The van der Waals surface area contributed by atoms with E-state index in [1.54, 1.807) is 0 Å². The van der Waals surface area contributed by atoms with Crippen LogP contribution in [0.25, 0.3) is 21.5 Å². The molecule has 0 nitrogen and oxygen atoms in total. The maximum absolute atomic E-state index is 3.60. The molecule has 0 aliphatic rings. The predicted octanol–water partition coefficient (Wildman–Crippen LogP) is 14.2. The zero-order valence-corrected chi connectivity index (χ0v) is 38.4. The van der Waals surface area contributed by atoms with Gasteiger partial charge in [0.05, 0.1) is 0 Å². The molecule has 0 atom stereocenters. The summed E-state index contributed by atoms with van der Waals surface area (Å²) in [6.45, 7) is 30.5. The topological polar surface area (TPSA) is 0 Å². The van der Waals surface area contributed by atoms with E-state index in [-0.39, 0.29) is 26.2 Å². The summed E-state index contributed by atoms with van der Waals surface area (Å²) in [5.74, 6) is 2.42. The van der Waals surface area contributed by atoms with Crippen molar-refractivity contribution >= 4 is 36.6 Å². The molecule has 51 heavy (non-hydrogen) atoms. The van der Waals surface area contributed by atoms with Gasteiger partial charge in [0.2, 0.25) is 0 Å². The molecule has 0 unspecified atom stereocenters. The van der Waals surface area contributed by atoms with Crippen LogP contribution in [0.5, 0.6) is 0 Å². The molecule has 0 amide bonds. The molecule has 5 aromatic carbocycles. The van der Waals surface area contributed by atoms with E-state index < -0.39 is 0 Å². The predicted molar refractivity (Wildman–Crippen MR) is 233 cm³/mol. The van der Waals surface area contributed by atoms with Crippen molar-refractivity contribution in [3.05, 3.63) is 131 Å². The quantitative estimate of drug-likeness (QED) is 0.0925. The normalized spacial score (nSPS) is 10.8. The van der Waals surface area contributed by atoms with E-state index in [2.05, 4.69) is 175 Å². The molecule has 0 aliphatic heterocycles. The molecule has 0 N–H and O–H groups in total. The van der Waals surface area contributed by atoms with Gasteiger partial charge in [0, 0.05) is 0 Å². The Hall–Kier alpha value is -2.15. The fraction of sp³-hybridized carbons (Fsp3) is 0.449. The van der Waals surface area contributed by atoms with Gasteiger partial charge in [0.1, 0.15) is 0 Å². The van der Waals surface area contributed by atoms with Crippen LogP contribution in [-0.2, 0) is 39.0 Å². The Morgan fingerprint density at radius 3 is 1.39 bits per heavy atom.